The number of hydrogen-bond donors (Lipinski definition) is 0. The maximum atomic E-state index is 12.9. The summed E-state index contributed by atoms with van der Waals surface area (Å²) in [5, 5.41) is 0. The molecule has 0 aliphatic heterocycles. The number of benzene rings is 3. The minimum absolute atomic E-state index is 0.0455. The molecule has 0 radical (unpaired) electrons. The first kappa shape index (κ1) is 23.0. The zero-order chi connectivity index (χ0) is 23.9. The van der Waals surface area contributed by atoms with Crippen LogP contribution in [0.1, 0.15) is 27.1 Å². The molecule has 0 bridgehead atoms. The summed E-state index contributed by atoms with van der Waals surface area (Å²) in [6.45, 7) is 4.29. The van der Waals surface area contributed by atoms with E-state index in [1.807, 2.05) is 42.5 Å². The van der Waals surface area contributed by atoms with Crippen molar-refractivity contribution in [2.24, 2.45) is 5.92 Å². The number of ether oxygens (including phenoxy) is 3. The minimum Gasteiger partial charge on any atom is -0.461 e. The second-order valence-corrected chi connectivity index (χ2v) is 7.99. The zero-order valence-electron chi connectivity index (χ0n) is 18.5. The molecule has 0 aromatic heterocycles. The lowest BCUT2D eigenvalue weighted by atomic mass is 10.0. The van der Waals surface area contributed by atoms with Gasteiger partial charge < -0.3 is 14.2 Å². The average Bonchev–Trinajstić information content (AvgIpc) is 3.17. The molecular weight excluding hydrogens is 432 g/mol. The summed E-state index contributed by atoms with van der Waals surface area (Å²) in [4.78, 5) is 36.1. The van der Waals surface area contributed by atoms with Crippen LogP contribution in [0.2, 0.25) is 0 Å². The van der Waals surface area contributed by atoms with Crippen LogP contribution in [0.4, 0.5) is 0 Å². The van der Waals surface area contributed by atoms with Crippen molar-refractivity contribution in [2.75, 3.05) is 6.61 Å². The molecule has 0 heterocycles. The summed E-state index contributed by atoms with van der Waals surface area (Å²) in [5.41, 5.74) is 3.38. The molecular formula is C28H24O6. The average molecular weight is 456 g/mol. The SMILES string of the molecule is C=C1C(OC=O)CC(OC(=O)c2ccc(-c3ccccc3)cc2)C1COC(=O)c1ccccc1. The summed E-state index contributed by atoms with van der Waals surface area (Å²) in [6.07, 6.45) is -1.02. The Morgan fingerprint density at radius 1 is 0.824 bits per heavy atom. The zero-order valence-corrected chi connectivity index (χ0v) is 18.5. The summed E-state index contributed by atoms with van der Waals surface area (Å²) in [5.74, 6) is -1.50. The van der Waals surface area contributed by atoms with E-state index < -0.39 is 30.1 Å². The van der Waals surface area contributed by atoms with Crippen LogP contribution in [0.5, 0.6) is 0 Å². The van der Waals surface area contributed by atoms with E-state index in [0.29, 0.717) is 23.2 Å². The molecule has 172 valence electrons. The van der Waals surface area contributed by atoms with Gasteiger partial charge in [-0.05, 0) is 41.0 Å². The maximum Gasteiger partial charge on any atom is 0.338 e. The Morgan fingerprint density at radius 3 is 2.06 bits per heavy atom. The molecule has 1 aliphatic carbocycles. The normalized spacial score (nSPS) is 19.3. The van der Waals surface area contributed by atoms with Gasteiger partial charge in [-0.15, -0.1) is 0 Å². The lowest BCUT2D eigenvalue weighted by molar-refractivity contribution is -0.132. The quantitative estimate of drug-likeness (QED) is 0.209. The third kappa shape index (κ3) is 5.23. The van der Waals surface area contributed by atoms with Crippen LogP contribution in [0.25, 0.3) is 11.1 Å². The van der Waals surface area contributed by atoms with Crippen LogP contribution in [0.15, 0.2) is 97.1 Å². The maximum absolute atomic E-state index is 12.9. The van der Waals surface area contributed by atoms with Gasteiger partial charge in [0.1, 0.15) is 18.8 Å². The van der Waals surface area contributed by atoms with E-state index in [-0.39, 0.29) is 13.0 Å². The van der Waals surface area contributed by atoms with Gasteiger partial charge >= 0.3 is 11.9 Å². The van der Waals surface area contributed by atoms with E-state index in [1.54, 1.807) is 42.5 Å². The topological polar surface area (TPSA) is 78.9 Å². The molecule has 0 N–H and O–H groups in total. The number of rotatable bonds is 8. The summed E-state index contributed by atoms with van der Waals surface area (Å²) < 4.78 is 16.3. The van der Waals surface area contributed by atoms with Crippen molar-refractivity contribution >= 4 is 18.4 Å². The molecule has 3 atom stereocenters. The molecule has 6 nitrogen and oxygen atoms in total. The van der Waals surface area contributed by atoms with Gasteiger partial charge in [-0.25, -0.2) is 9.59 Å². The van der Waals surface area contributed by atoms with E-state index >= 15 is 0 Å². The fourth-order valence-corrected chi connectivity index (χ4v) is 4.02. The fourth-order valence-electron chi connectivity index (χ4n) is 4.02. The summed E-state index contributed by atoms with van der Waals surface area (Å²) >= 11 is 0. The third-order valence-corrected chi connectivity index (χ3v) is 5.89. The van der Waals surface area contributed by atoms with Crippen LogP contribution in [-0.4, -0.2) is 37.2 Å². The van der Waals surface area contributed by atoms with Gasteiger partial charge in [0.15, 0.2) is 0 Å². The molecule has 1 saturated carbocycles. The first-order valence-electron chi connectivity index (χ1n) is 10.9. The van der Waals surface area contributed by atoms with E-state index in [0.717, 1.165) is 11.1 Å². The number of hydrogen-bond acceptors (Lipinski definition) is 6. The van der Waals surface area contributed by atoms with Crippen LogP contribution < -0.4 is 0 Å². The monoisotopic (exact) mass is 456 g/mol. The molecule has 6 heteroatoms. The van der Waals surface area contributed by atoms with Crippen molar-refractivity contribution in [2.45, 2.75) is 18.6 Å². The van der Waals surface area contributed by atoms with Crippen molar-refractivity contribution in [3.8, 4) is 11.1 Å². The second kappa shape index (κ2) is 10.6. The minimum atomic E-state index is -0.651. The predicted octanol–water partition coefficient (Wildman–Crippen LogP) is 4.85. The Balaban J connectivity index is 1.44. The Hall–Kier alpha value is -4.19. The Kier molecular flexibility index (Phi) is 7.18. The Morgan fingerprint density at radius 2 is 1.41 bits per heavy atom. The molecule has 0 amide bonds. The Labute approximate surface area is 197 Å². The molecule has 1 fully saturated rings. The van der Waals surface area contributed by atoms with Crippen molar-refractivity contribution in [1.82, 2.24) is 0 Å². The highest BCUT2D eigenvalue weighted by Crippen LogP contribution is 2.35. The second-order valence-electron chi connectivity index (χ2n) is 7.99. The molecule has 0 saturated heterocycles. The lowest BCUT2D eigenvalue weighted by Gasteiger charge is -2.20. The molecule has 4 rings (SSSR count). The van der Waals surface area contributed by atoms with Gasteiger partial charge in [-0.1, -0.05) is 67.2 Å². The highest BCUT2D eigenvalue weighted by atomic mass is 16.6. The highest BCUT2D eigenvalue weighted by molar-refractivity contribution is 5.90. The summed E-state index contributed by atoms with van der Waals surface area (Å²) in [6, 6.07) is 25.6. The number of esters is 2. The van der Waals surface area contributed by atoms with Crippen molar-refractivity contribution in [3.63, 3.8) is 0 Å². The van der Waals surface area contributed by atoms with E-state index in [4.69, 9.17) is 14.2 Å². The van der Waals surface area contributed by atoms with Gasteiger partial charge in [-0.2, -0.15) is 0 Å². The van der Waals surface area contributed by atoms with Crippen molar-refractivity contribution in [1.29, 1.82) is 0 Å². The lowest BCUT2D eigenvalue weighted by Crippen LogP contribution is -2.27. The smallest absolute Gasteiger partial charge is 0.338 e. The van der Waals surface area contributed by atoms with Gasteiger partial charge in [0.25, 0.3) is 6.47 Å². The van der Waals surface area contributed by atoms with Gasteiger partial charge in [-0.3, -0.25) is 4.79 Å². The van der Waals surface area contributed by atoms with Crippen LogP contribution in [-0.2, 0) is 19.0 Å². The van der Waals surface area contributed by atoms with Crippen LogP contribution in [0.3, 0.4) is 0 Å². The van der Waals surface area contributed by atoms with Crippen LogP contribution in [0, 0.1) is 5.92 Å². The molecule has 3 aromatic carbocycles. The first-order chi connectivity index (χ1) is 16.6. The number of carbonyl (C=O) groups excluding carboxylic acids is 3. The van der Waals surface area contributed by atoms with E-state index in [2.05, 4.69) is 6.58 Å². The Bertz CT molecular complexity index is 1150. The standard InChI is InChI=1S/C28H24O6/c1-19-24(17-32-27(30)22-10-6-3-7-11-22)26(16-25(19)33-18-29)34-28(31)23-14-12-21(13-15-23)20-8-4-2-5-9-20/h2-15,18,24-26H,1,16-17H2. The highest BCUT2D eigenvalue weighted by Gasteiger charge is 2.42. The molecule has 3 unspecified atom stereocenters. The van der Waals surface area contributed by atoms with E-state index in [9.17, 15) is 14.4 Å². The first-order valence-corrected chi connectivity index (χ1v) is 10.9. The van der Waals surface area contributed by atoms with Gasteiger partial charge in [0.2, 0.25) is 0 Å². The van der Waals surface area contributed by atoms with Gasteiger partial charge in [0, 0.05) is 6.42 Å². The molecule has 3 aromatic rings. The largest absolute Gasteiger partial charge is 0.461 e. The summed E-state index contributed by atoms with van der Waals surface area (Å²) in [7, 11) is 0. The molecule has 34 heavy (non-hydrogen) atoms. The number of carbonyl (C=O) groups is 3. The van der Waals surface area contributed by atoms with Crippen LogP contribution >= 0.6 is 0 Å². The van der Waals surface area contributed by atoms with E-state index in [1.165, 1.54) is 0 Å². The third-order valence-electron chi connectivity index (χ3n) is 5.89. The molecule has 0 spiro atoms. The predicted molar refractivity (Wildman–Crippen MR) is 126 cm³/mol. The molecule has 1 aliphatic rings. The fraction of sp³-hybridized carbons (Fsp3) is 0.179. The van der Waals surface area contributed by atoms with Crippen molar-refractivity contribution in [3.05, 3.63) is 108 Å². The van der Waals surface area contributed by atoms with Crippen molar-refractivity contribution < 1.29 is 28.6 Å². The van der Waals surface area contributed by atoms with Gasteiger partial charge in [0.05, 0.1) is 17.0 Å².